The van der Waals surface area contributed by atoms with Crippen molar-refractivity contribution in [1.29, 1.82) is 0 Å². The Morgan fingerprint density at radius 2 is 1.95 bits per heavy atom. The van der Waals surface area contributed by atoms with Gasteiger partial charge in [0.15, 0.2) is 10.1 Å². The van der Waals surface area contributed by atoms with Crippen LogP contribution in [0.15, 0.2) is 81.7 Å². The molecule has 12 heteroatoms. The van der Waals surface area contributed by atoms with Crippen LogP contribution in [0.25, 0.3) is 0 Å². The summed E-state index contributed by atoms with van der Waals surface area (Å²) < 4.78 is 0.596. The van der Waals surface area contributed by atoms with Crippen molar-refractivity contribution >= 4 is 56.9 Å². The van der Waals surface area contributed by atoms with Gasteiger partial charge in [0.2, 0.25) is 10.9 Å². The topological polar surface area (TPSA) is 127 Å². The molecule has 0 spiro atoms. The van der Waals surface area contributed by atoms with Crippen LogP contribution in [0.4, 0.5) is 10.8 Å². The van der Waals surface area contributed by atoms with E-state index < -0.39 is 28.4 Å². The lowest BCUT2D eigenvalue weighted by Gasteiger charge is -2.23. The number of Topliss-reactive ketones (excluding diaryl/α,β-unsaturated/α-hetero) is 1. The number of hydrogen-bond acceptors (Lipinski definition) is 10. The van der Waals surface area contributed by atoms with E-state index in [1.807, 2.05) is 31.2 Å². The number of nitro benzene ring substituents is 1. The molecule has 1 atom stereocenters. The Hall–Kier alpha value is -3.87. The maximum atomic E-state index is 13.4. The Morgan fingerprint density at radius 3 is 2.65 bits per heavy atom. The van der Waals surface area contributed by atoms with Gasteiger partial charge in [0.25, 0.3) is 11.6 Å². The number of hydrogen-bond donors (Lipinski definition) is 1. The fraction of sp³-hybridized carbons (Fsp3) is 0.120. The summed E-state index contributed by atoms with van der Waals surface area (Å²) in [6.07, 6.45) is 0. The summed E-state index contributed by atoms with van der Waals surface area (Å²) in [7, 11) is 0. The Bertz CT molecular complexity index is 1530. The first-order chi connectivity index (χ1) is 17.8. The van der Waals surface area contributed by atoms with Crippen LogP contribution in [0.1, 0.15) is 32.4 Å². The van der Waals surface area contributed by atoms with Crippen molar-refractivity contribution in [3.8, 4) is 0 Å². The zero-order chi connectivity index (χ0) is 26.1. The van der Waals surface area contributed by atoms with E-state index in [1.54, 1.807) is 23.6 Å². The van der Waals surface area contributed by atoms with Gasteiger partial charge in [0, 0.05) is 17.9 Å². The van der Waals surface area contributed by atoms with Crippen LogP contribution in [0.2, 0.25) is 0 Å². The van der Waals surface area contributed by atoms with E-state index in [-0.39, 0.29) is 16.4 Å². The Labute approximate surface area is 223 Å². The molecule has 2 aromatic heterocycles. The number of ketones is 1. The van der Waals surface area contributed by atoms with Gasteiger partial charge in [-0.1, -0.05) is 71.1 Å². The number of aliphatic hydroxyl groups excluding tert-OH is 1. The fourth-order valence-corrected chi connectivity index (χ4v) is 6.39. The van der Waals surface area contributed by atoms with Gasteiger partial charge in [-0.25, -0.2) is 0 Å². The molecule has 9 nitrogen and oxygen atoms in total. The molecule has 186 valence electrons. The number of non-ortho nitro benzene ring substituents is 1. The second-order valence-corrected chi connectivity index (χ2v) is 11.2. The summed E-state index contributed by atoms with van der Waals surface area (Å²) in [5.41, 5.74) is 2.20. The largest absolute Gasteiger partial charge is 0.503 e. The summed E-state index contributed by atoms with van der Waals surface area (Å²) in [4.78, 5) is 39.1. The molecule has 1 N–H and O–H groups in total. The molecule has 0 saturated carbocycles. The number of nitrogens with zero attached hydrogens (tertiary/aromatic N) is 4. The molecule has 0 saturated heterocycles. The number of benzene rings is 2. The van der Waals surface area contributed by atoms with Crippen molar-refractivity contribution in [2.45, 2.75) is 23.1 Å². The van der Waals surface area contributed by atoms with Crippen LogP contribution in [0.5, 0.6) is 0 Å². The highest BCUT2D eigenvalue weighted by Gasteiger charge is 2.46. The lowest BCUT2D eigenvalue weighted by molar-refractivity contribution is -0.384. The number of carbonyl (C=O) groups is 2. The monoisotopic (exact) mass is 550 g/mol. The molecular formula is C25H18N4O5S3. The van der Waals surface area contributed by atoms with E-state index in [0.717, 1.165) is 22.5 Å². The molecule has 1 amide bonds. The third kappa shape index (κ3) is 4.90. The Balaban J connectivity index is 1.51. The first kappa shape index (κ1) is 24.8. The van der Waals surface area contributed by atoms with Gasteiger partial charge in [-0.15, -0.1) is 21.5 Å². The van der Waals surface area contributed by atoms with E-state index in [1.165, 1.54) is 46.2 Å². The molecule has 1 unspecified atom stereocenters. The highest BCUT2D eigenvalue weighted by molar-refractivity contribution is 8.00. The van der Waals surface area contributed by atoms with Crippen LogP contribution in [-0.2, 0) is 10.5 Å². The lowest BCUT2D eigenvalue weighted by atomic mass is 9.95. The average molecular weight is 551 g/mol. The van der Waals surface area contributed by atoms with Crippen molar-refractivity contribution in [3.63, 3.8) is 0 Å². The minimum atomic E-state index is -1.11. The Kier molecular flexibility index (Phi) is 6.87. The maximum absolute atomic E-state index is 13.4. The van der Waals surface area contributed by atoms with E-state index in [9.17, 15) is 24.8 Å². The van der Waals surface area contributed by atoms with Crippen LogP contribution in [-0.4, -0.2) is 31.9 Å². The number of thiophene rings is 1. The summed E-state index contributed by atoms with van der Waals surface area (Å²) >= 11 is 3.76. The quantitative estimate of drug-likeness (QED) is 0.0946. The van der Waals surface area contributed by atoms with E-state index >= 15 is 0 Å². The zero-order valence-corrected chi connectivity index (χ0v) is 21.7. The highest BCUT2D eigenvalue weighted by Crippen LogP contribution is 2.44. The molecule has 1 aliphatic heterocycles. The minimum Gasteiger partial charge on any atom is -0.503 e. The molecule has 0 aliphatic carbocycles. The Morgan fingerprint density at radius 1 is 1.16 bits per heavy atom. The SMILES string of the molecule is Cc1ccc(CSc2nnc(N3C(=O)C(O)=C(C(=O)c4cccs4)C3c3cccc([N+](=O)[O-])c3)s2)cc1. The molecule has 5 rings (SSSR count). The predicted molar refractivity (Wildman–Crippen MR) is 142 cm³/mol. The van der Waals surface area contributed by atoms with Gasteiger partial charge in [-0.2, -0.15) is 0 Å². The second kappa shape index (κ2) is 10.2. The van der Waals surface area contributed by atoms with Crippen molar-refractivity contribution in [2.24, 2.45) is 0 Å². The number of carbonyl (C=O) groups excluding carboxylic acids is 2. The second-order valence-electron chi connectivity index (χ2n) is 8.12. The van der Waals surface area contributed by atoms with Crippen molar-refractivity contribution in [2.75, 3.05) is 4.90 Å². The van der Waals surface area contributed by atoms with E-state index in [4.69, 9.17) is 0 Å². The lowest BCUT2D eigenvalue weighted by Crippen LogP contribution is -2.31. The third-order valence-corrected chi connectivity index (χ3v) is 8.67. The van der Waals surface area contributed by atoms with Crippen molar-refractivity contribution in [3.05, 3.63) is 109 Å². The van der Waals surface area contributed by atoms with Crippen LogP contribution in [0.3, 0.4) is 0 Å². The van der Waals surface area contributed by atoms with Crippen LogP contribution in [0, 0.1) is 17.0 Å². The molecular weight excluding hydrogens is 532 g/mol. The molecule has 3 heterocycles. The number of thioether (sulfide) groups is 1. The summed E-state index contributed by atoms with van der Waals surface area (Å²) in [5, 5.41) is 32.5. The summed E-state index contributed by atoms with van der Waals surface area (Å²) in [6, 6.07) is 15.9. The first-order valence-electron chi connectivity index (χ1n) is 10.9. The van der Waals surface area contributed by atoms with Gasteiger partial charge < -0.3 is 5.11 Å². The molecule has 1 aliphatic rings. The number of anilines is 1. The van der Waals surface area contributed by atoms with Crippen molar-refractivity contribution in [1.82, 2.24) is 10.2 Å². The fourth-order valence-electron chi connectivity index (χ4n) is 3.89. The highest BCUT2D eigenvalue weighted by atomic mass is 32.2. The predicted octanol–water partition coefficient (Wildman–Crippen LogP) is 5.89. The van der Waals surface area contributed by atoms with Gasteiger partial charge in [-0.3, -0.25) is 24.6 Å². The number of aryl methyl sites for hydroxylation is 1. The number of rotatable bonds is 8. The number of nitro groups is 1. The number of amides is 1. The normalized spacial score (nSPS) is 15.4. The van der Waals surface area contributed by atoms with E-state index in [2.05, 4.69) is 10.2 Å². The summed E-state index contributed by atoms with van der Waals surface area (Å²) in [6.45, 7) is 2.01. The van der Waals surface area contributed by atoms with Crippen LogP contribution >= 0.6 is 34.4 Å². The smallest absolute Gasteiger partial charge is 0.296 e. The zero-order valence-electron chi connectivity index (χ0n) is 19.2. The summed E-state index contributed by atoms with van der Waals surface area (Å²) in [5.74, 6) is -1.41. The first-order valence-corrected chi connectivity index (χ1v) is 13.6. The third-order valence-electron chi connectivity index (χ3n) is 5.68. The number of aliphatic hydroxyl groups is 1. The molecule has 37 heavy (non-hydrogen) atoms. The van der Waals surface area contributed by atoms with Crippen molar-refractivity contribution < 1.29 is 19.6 Å². The molecule has 2 aromatic carbocycles. The standard InChI is InChI=1S/C25H18N4O5S3/c1-14-7-9-15(10-8-14)13-36-25-27-26-24(37-25)28-20(16-4-2-5-17(12-16)29(33)34)19(22(31)23(28)32)21(30)18-6-3-11-35-18/h2-12,20,31H,13H2,1H3. The minimum absolute atomic E-state index is 0.156. The van der Waals surface area contributed by atoms with Gasteiger partial charge in [0.05, 0.1) is 21.4 Å². The molecule has 0 radical (unpaired) electrons. The maximum Gasteiger partial charge on any atom is 0.296 e. The molecule has 4 aromatic rings. The van der Waals surface area contributed by atoms with Gasteiger partial charge >= 0.3 is 0 Å². The van der Waals surface area contributed by atoms with Crippen LogP contribution < -0.4 is 4.90 Å². The molecule has 0 fully saturated rings. The van der Waals surface area contributed by atoms with Gasteiger partial charge in [0.1, 0.15) is 0 Å². The van der Waals surface area contributed by atoms with Gasteiger partial charge in [-0.05, 0) is 29.5 Å². The molecule has 0 bridgehead atoms. The van der Waals surface area contributed by atoms with E-state index in [0.29, 0.717) is 20.5 Å². The number of aromatic nitrogens is 2. The average Bonchev–Trinajstić information content (AvgIpc) is 3.64.